The van der Waals surface area contributed by atoms with Crippen LogP contribution >= 0.6 is 11.3 Å². The van der Waals surface area contributed by atoms with Crippen LogP contribution in [0.1, 0.15) is 22.4 Å². The number of esters is 1. The summed E-state index contributed by atoms with van der Waals surface area (Å²) >= 11 is 1.46. The topological polar surface area (TPSA) is 105 Å². The highest BCUT2D eigenvalue weighted by Gasteiger charge is 2.25. The zero-order valence-electron chi connectivity index (χ0n) is 15.8. The Hall–Kier alpha value is -2.71. The number of aliphatic hydroxyl groups excluding tert-OH is 1. The first-order valence-corrected chi connectivity index (χ1v) is 9.68. The molecule has 150 valence electrons. The van der Waals surface area contributed by atoms with E-state index in [-0.39, 0.29) is 13.0 Å². The summed E-state index contributed by atoms with van der Waals surface area (Å²) in [6.45, 7) is 2.18. The standard InChI is InChI=1S/C20H24N2O5S/c1-13-6-3-4-7-14(13)12-21-19(25)17(23)11-18(24)22-16(20(26)27-2)10-15-8-5-9-28-15/h3-9,16-17,23H,10-12H2,1-2H3,(H,21,25)(H,22,24)/t16?,17-/m1/s1. The van der Waals surface area contributed by atoms with Crippen molar-refractivity contribution in [2.24, 2.45) is 0 Å². The molecule has 2 aromatic rings. The van der Waals surface area contributed by atoms with Crippen LogP contribution in [0.5, 0.6) is 0 Å². The second-order valence-corrected chi connectivity index (χ2v) is 7.32. The molecule has 0 aliphatic rings. The average Bonchev–Trinajstić information content (AvgIpc) is 3.19. The third-order valence-corrected chi connectivity index (χ3v) is 5.10. The number of hydrogen-bond donors (Lipinski definition) is 3. The number of carbonyl (C=O) groups is 3. The van der Waals surface area contributed by atoms with Gasteiger partial charge in [-0.3, -0.25) is 9.59 Å². The van der Waals surface area contributed by atoms with E-state index >= 15 is 0 Å². The molecule has 8 heteroatoms. The Balaban J connectivity index is 1.86. The van der Waals surface area contributed by atoms with Crippen LogP contribution in [0.25, 0.3) is 0 Å². The van der Waals surface area contributed by atoms with Gasteiger partial charge in [0.05, 0.1) is 13.5 Å². The number of ether oxygens (including phenoxy) is 1. The van der Waals surface area contributed by atoms with Crippen LogP contribution in [-0.4, -0.2) is 42.1 Å². The Morgan fingerprint density at radius 1 is 1.18 bits per heavy atom. The second-order valence-electron chi connectivity index (χ2n) is 6.29. The summed E-state index contributed by atoms with van der Waals surface area (Å²) in [7, 11) is 1.24. The number of benzene rings is 1. The third-order valence-electron chi connectivity index (χ3n) is 4.20. The zero-order valence-corrected chi connectivity index (χ0v) is 16.6. The van der Waals surface area contributed by atoms with Crippen molar-refractivity contribution in [3.05, 3.63) is 57.8 Å². The Kier molecular flexibility index (Phi) is 8.16. The summed E-state index contributed by atoms with van der Waals surface area (Å²) in [5, 5.41) is 17.0. The van der Waals surface area contributed by atoms with E-state index in [0.717, 1.165) is 16.0 Å². The summed E-state index contributed by atoms with van der Waals surface area (Å²) in [4.78, 5) is 37.1. The minimum Gasteiger partial charge on any atom is -0.467 e. The molecule has 3 N–H and O–H groups in total. The van der Waals surface area contributed by atoms with Crippen LogP contribution in [0.15, 0.2) is 41.8 Å². The number of methoxy groups -OCH3 is 1. The average molecular weight is 404 g/mol. The summed E-state index contributed by atoms with van der Waals surface area (Å²) < 4.78 is 4.72. The largest absolute Gasteiger partial charge is 0.467 e. The number of thiophene rings is 1. The maximum absolute atomic E-state index is 12.2. The van der Waals surface area contributed by atoms with Gasteiger partial charge in [0.2, 0.25) is 11.8 Å². The molecule has 0 radical (unpaired) electrons. The van der Waals surface area contributed by atoms with Crippen LogP contribution in [0.4, 0.5) is 0 Å². The number of nitrogens with one attached hydrogen (secondary N) is 2. The predicted octanol–water partition coefficient (Wildman–Crippen LogP) is 1.32. The van der Waals surface area contributed by atoms with Crippen LogP contribution < -0.4 is 10.6 Å². The van der Waals surface area contributed by atoms with Crippen LogP contribution in [0, 0.1) is 6.92 Å². The fraction of sp³-hybridized carbons (Fsp3) is 0.350. The molecule has 0 saturated carbocycles. The number of aliphatic hydroxyl groups is 1. The monoisotopic (exact) mass is 404 g/mol. The Bertz CT molecular complexity index is 807. The zero-order chi connectivity index (χ0) is 20.5. The molecule has 2 atom stereocenters. The van der Waals surface area contributed by atoms with Crippen molar-refractivity contribution in [1.29, 1.82) is 0 Å². The van der Waals surface area contributed by atoms with Crippen LogP contribution in [0.2, 0.25) is 0 Å². The van der Waals surface area contributed by atoms with Gasteiger partial charge in [0.1, 0.15) is 12.1 Å². The Morgan fingerprint density at radius 3 is 2.57 bits per heavy atom. The van der Waals surface area contributed by atoms with Gasteiger partial charge >= 0.3 is 5.97 Å². The van der Waals surface area contributed by atoms with E-state index in [2.05, 4.69) is 10.6 Å². The molecule has 1 unspecified atom stereocenters. The highest BCUT2D eigenvalue weighted by Crippen LogP contribution is 2.12. The third kappa shape index (κ3) is 6.47. The fourth-order valence-electron chi connectivity index (χ4n) is 2.60. The first kappa shape index (κ1) is 21.6. The lowest BCUT2D eigenvalue weighted by Crippen LogP contribution is -2.45. The van der Waals surface area contributed by atoms with Gasteiger partial charge in [-0.25, -0.2) is 4.79 Å². The first-order valence-electron chi connectivity index (χ1n) is 8.80. The van der Waals surface area contributed by atoms with Crippen molar-refractivity contribution >= 4 is 29.1 Å². The van der Waals surface area contributed by atoms with Crippen molar-refractivity contribution in [2.45, 2.75) is 38.5 Å². The maximum Gasteiger partial charge on any atom is 0.328 e. The van der Waals surface area contributed by atoms with Gasteiger partial charge in [0, 0.05) is 17.8 Å². The minimum atomic E-state index is -1.51. The van der Waals surface area contributed by atoms with Gasteiger partial charge in [-0.05, 0) is 29.5 Å². The molecule has 1 aromatic heterocycles. The molecule has 0 aliphatic carbocycles. The Morgan fingerprint density at radius 2 is 1.93 bits per heavy atom. The van der Waals surface area contributed by atoms with Gasteiger partial charge < -0.3 is 20.5 Å². The first-order chi connectivity index (χ1) is 13.4. The van der Waals surface area contributed by atoms with E-state index in [1.807, 2.05) is 48.7 Å². The molecule has 28 heavy (non-hydrogen) atoms. The molecular weight excluding hydrogens is 380 g/mol. The highest BCUT2D eigenvalue weighted by molar-refractivity contribution is 7.09. The van der Waals surface area contributed by atoms with E-state index in [0.29, 0.717) is 0 Å². The number of aryl methyl sites for hydroxylation is 1. The van der Waals surface area contributed by atoms with Gasteiger partial charge in [-0.15, -0.1) is 11.3 Å². The van der Waals surface area contributed by atoms with Crippen LogP contribution in [0.3, 0.4) is 0 Å². The molecule has 1 aromatic carbocycles. The molecule has 0 aliphatic heterocycles. The number of hydrogen-bond acceptors (Lipinski definition) is 6. The van der Waals surface area contributed by atoms with Crippen molar-refractivity contribution in [1.82, 2.24) is 10.6 Å². The molecule has 2 rings (SSSR count). The van der Waals surface area contributed by atoms with E-state index < -0.39 is 36.4 Å². The second kappa shape index (κ2) is 10.6. The Labute approximate surface area is 167 Å². The summed E-state index contributed by atoms with van der Waals surface area (Å²) in [6.07, 6.45) is -1.67. The lowest BCUT2D eigenvalue weighted by atomic mass is 10.1. The van der Waals surface area contributed by atoms with Gasteiger partial charge in [0.15, 0.2) is 0 Å². The molecule has 1 heterocycles. The van der Waals surface area contributed by atoms with E-state index in [4.69, 9.17) is 4.74 Å². The van der Waals surface area contributed by atoms with Gasteiger partial charge in [-0.2, -0.15) is 0 Å². The lowest BCUT2D eigenvalue weighted by molar-refractivity contribution is -0.145. The highest BCUT2D eigenvalue weighted by atomic mass is 32.1. The molecule has 2 amide bonds. The van der Waals surface area contributed by atoms with E-state index in [1.54, 1.807) is 0 Å². The van der Waals surface area contributed by atoms with Crippen molar-refractivity contribution in [3.63, 3.8) is 0 Å². The van der Waals surface area contributed by atoms with Crippen molar-refractivity contribution in [2.75, 3.05) is 7.11 Å². The minimum absolute atomic E-state index is 0.257. The van der Waals surface area contributed by atoms with E-state index in [1.165, 1.54) is 18.4 Å². The lowest BCUT2D eigenvalue weighted by Gasteiger charge is -2.17. The summed E-state index contributed by atoms with van der Waals surface area (Å²) in [6, 6.07) is 10.4. The predicted molar refractivity (Wildman–Crippen MR) is 106 cm³/mol. The SMILES string of the molecule is COC(=O)C(Cc1cccs1)NC(=O)C[C@@H](O)C(=O)NCc1ccccc1C. The molecular formula is C20H24N2O5S. The quantitative estimate of drug-likeness (QED) is 0.547. The molecule has 0 saturated heterocycles. The normalized spacial score (nSPS) is 12.7. The molecule has 0 fully saturated rings. The smallest absolute Gasteiger partial charge is 0.328 e. The van der Waals surface area contributed by atoms with Crippen molar-refractivity contribution < 1.29 is 24.2 Å². The van der Waals surface area contributed by atoms with E-state index in [9.17, 15) is 19.5 Å². The maximum atomic E-state index is 12.2. The number of carbonyl (C=O) groups excluding carboxylic acids is 3. The molecule has 0 bridgehead atoms. The summed E-state index contributed by atoms with van der Waals surface area (Å²) in [5.41, 5.74) is 1.94. The van der Waals surface area contributed by atoms with Gasteiger partial charge in [-0.1, -0.05) is 30.3 Å². The molecule has 0 spiro atoms. The molecule has 7 nitrogen and oxygen atoms in total. The van der Waals surface area contributed by atoms with Crippen molar-refractivity contribution in [3.8, 4) is 0 Å². The number of amides is 2. The fourth-order valence-corrected chi connectivity index (χ4v) is 3.35. The van der Waals surface area contributed by atoms with Gasteiger partial charge in [0.25, 0.3) is 0 Å². The number of rotatable bonds is 9. The van der Waals surface area contributed by atoms with Crippen LogP contribution in [-0.2, 0) is 32.1 Å². The summed E-state index contributed by atoms with van der Waals surface area (Å²) in [5.74, 6) is -1.84.